The highest BCUT2D eigenvalue weighted by Gasteiger charge is 2.51. The molecular formula is C21H32N4O2. The number of hydrogen-bond acceptors (Lipinski definition) is 5. The monoisotopic (exact) mass is 372 g/mol. The summed E-state index contributed by atoms with van der Waals surface area (Å²) in [6.07, 6.45) is 12.5. The van der Waals surface area contributed by atoms with E-state index in [2.05, 4.69) is 26.7 Å². The summed E-state index contributed by atoms with van der Waals surface area (Å²) in [5, 5.41) is 0. The van der Waals surface area contributed by atoms with Gasteiger partial charge < -0.3 is 14.5 Å². The molecule has 6 nitrogen and oxygen atoms in total. The fourth-order valence-corrected chi connectivity index (χ4v) is 5.16. The van der Waals surface area contributed by atoms with Gasteiger partial charge in [0.15, 0.2) is 0 Å². The molecule has 0 aromatic carbocycles. The van der Waals surface area contributed by atoms with E-state index in [-0.39, 0.29) is 5.41 Å². The van der Waals surface area contributed by atoms with E-state index < -0.39 is 0 Å². The Morgan fingerprint density at radius 3 is 2.56 bits per heavy atom. The summed E-state index contributed by atoms with van der Waals surface area (Å²) >= 11 is 0. The van der Waals surface area contributed by atoms with Crippen molar-refractivity contribution in [3.63, 3.8) is 0 Å². The van der Waals surface area contributed by atoms with Gasteiger partial charge in [-0.15, -0.1) is 0 Å². The van der Waals surface area contributed by atoms with Crippen LogP contribution in [0.2, 0.25) is 0 Å². The molecule has 3 aliphatic rings. The fourth-order valence-electron chi connectivity index (χ4n) is 5.16. The van der Waals surface area contributed by atoms with Crippen molar-refractivity contribution in [2.45, 2.75) is 70.4 Å². The molecular weight excluding hydrogens is 340 g/mol. The number of ether oxygens (including phenoxy) is 1. The maximum absolute atomic E-state index is 13.4. The van der Waals surface area contributed by atoms with Crippen molar-refractivity contribution < 1.29 is 9.53 Å². The predicted molar refractivity (Wildman–Crippen MR) is 105 cm³/mol. The Bertz CT molecular complexity index is 657. The molecule has 3 heterocycles. The average Bonchev–Trinajstić information content (AvgIpc) is 3.04. The van der Waals surface area contributed by atoms with Crippen LogP contribution < -0.4 is 4.90 Å². The summed E-state index contributed by atoms with van der Waals surface area (Å²) in [5.74, 6) is 1.15. The number of aromatic nitrogens is 2. The molecule has 1 aromatic rings. The Balaban J connectivity index is 1.44. The van der Waals surface area contributed by atoms with E-state index in [1.165, 1.54) is 0 Å². The van der Waals surface area contributed by atoms with Gasteiger partial charge in [-0.3, -0.25) is 4.79 Å². The molecule has 6 heteroatoms. The van der Waals surface area contributed by atoms with E-state index in [0.717, 1.165) is 82.5 Å². The first-order chi connectivity index (χ1) is 13.1. The molecule has 0 bridgehead atoms. The van der Waals surface area contributed by atoms with Crippen LogP contribution in [0.3, 0.4) is 0 Å². The van der Waals surface area contributed by atoms with Gasteiger partial charge in [-0.2, -0.15) is 0 Å². The van der Waals surface area contributed by atoms with Crippen molar-refractivity contribution >= 4 is 11.9 Å². The number of hydrogen-bond donors (Lipinski definition) is 0. The SMILES string of the molecule is CCc1cnc(N2CCCC3(CCN([C@H]4CC[C@H](OC)CC4)C3=O)C2)nc1. The molecule has 1 aromatic heterocycles. The lowest BCUT2D eigenvalue weighted by Gasteiger charge is -2.40. The summed E-state index contributed by atoms with van der Waals surface area (Å²) < 4.78 is 5.49. The lowest BCUT2D eigenvalue weighted by atomic mass is 9.78. The molecule has 4 rings (SSSR count). The minimum Gasteiger partial charge on any atom is -0.381 e. The van der Waals surface area contributed by atoms with Gasteiger partial charge >= 0.3 is 0 Å². The first-order valence-corrected chi connectivity index (χ1v) is 10.5. The molecule has 0 N–H and O–H groups in total. The highest BCUT2D eigenvalue weighted by Crippen LogP contribution is 2.43. The highest BCUT2D eigenvalue weighted by molar-refractivity contribution is 5.86. The molecule has 1 saturated carbocycles. The van der Waals surface area contributed by atoms with E-state index in [9.17, 15) is 4.79 Å². The number of piperidine rings is 1. The molecule has 148 valence electrons. The van der Waals surface area contributed by atoms with Crippen molar-refractivity contribution in [1.82, 2.24) is 14.9 Å². The van der Waals surface area contributed by atoms with Gasteiger partial charge in [0, 0.05) is 45.2 Å². The second-order valence-corrected chi connectivity index (χ2v) is 8.47. The lowest BCUT2D eigenvalue weighted by Crippen LogP contribution is -2.50. The van der Waals surface area contributed by atoms with Crippen molar-refractivity contribution in [3.8, 4) is 0 Å². The van der Waals surface area contributed by atoms with Gasteiger partial charge in [0.25, 0.3) is 0 Å². The van der Waals surface area contributed by atoms with E-state index >= 15 is 0 Å². The van der Waals surface area contributed by atoms with Crippen LogP contribution >= 0.6 is 0 Å². The zero-order valence-corrected chi connectivity index (χ0v) is 16.7. The summed E-state index contributed by atoms with van der Waals surface area (Å²) in [4.78, 5) is 27.0. The van der Waals surface area contributed by atoms with Crippen LogP contribution in [0.1, 0.15) is 57.4 Å². The van der Waals surface area contributed by atoms with Crippen molar-refractivity contribution in [3.05, 3.63) is 18.0 Å². The Labute approximate surface area is 162 Å². The van der Waals surface area contributed by atoms with Crippen LogP contribution in [0.4, 0.5) is 5.95 Å². The average molecular weight is 373 g/mol. The normalized spacial score (nSPS) is 31.7. The van der Waals surface area contributed by atoms with Gasteiger partial charge in [0.2, 0.25) is 11.9 Å². The van der Waals surface area contributed by atoms with Crippen LogP contribution in [0, 0.1) is 5.41 Å². The first-order valence-electron chi connectivity index (χ1n) is 10.5. The van der Waals surface area contributed by atoms with E-state index in [1.54, 1.807) is 7.11 Å². The largest absolute Gasteiger partial charge is 0.381 e. The number of carbonyl (C=O) groups excluding carboxylic acids is 1. The summed E-state index contributed by atoms with van der Waals surface area (Å²) in [6.45, 7) is 4.73. The van der Waals surface area contributed by atoms with E-state index in [1.807, 2.05) is 12.4 Å². The standard InChI is InChI=1S/C21H32N4O2/c1-3-16-13-22-20(23-14-16)24-11-4-9-21(15-24)10-12-25(19(21)26)17-5-7-18(27-2)8-6-17/h13-14,17-18H,3-12,15H2,1-2H3/t17-,18-,21?. The lowest BCUT2D eigenvalue weighted by molar-refractivity contribution is -0.139. The van der Waals surface area contributed by atoms with Gasteiger partial charge in [-0.25, -0.2) is 9.97 Å². The van der Waals surface area contributed by atoms with E-state index in [4.69, 9.17) is 4.74 Å². The van der Waals surface area contributed by atoms with Crippen LogP contribution in [-0.4, -0.2) is 59.7 Å². The number of methoxy groups -OCH3 is 1. The second-order valence-electron chi connectivity index (χ2n) is 8.47. The minimum absolute atomic E-state index is 0.233. The molecule has 2 saturated heterocycles. The molecule has 1 spiro atoms. The molecule has 0 radical (unpaired) electrons. The number of nitrogens with zero attached hydrogens (tertiary/aromatic N) is 4. The molecule has 3 fully saturated rings. The third-order valence-corrected chi connectivity index (χ3v) is 6.92. The van der Waals surface area contributed by atoms with Crippen LogP contribution in [-0.2, 0) is 16.0 Å². The Morgan fingerprint density at radius 2 is 1.89 bits per heavy atom. The fraction of sp³-hybridized carbons (Fsp3) is 0.762. The Kier molecular flexibility index (Phi) is 5.35. The van der Waals surface area contributed by atoms with Crippen LogP contribution in [0.25, 0.3) is 0 Å². The van der Waals surface area contributed by atoms with Gasteiger partial charge in [-0.1, -0.05) is 6.92 Å². The van der Waals surface area contributed by atoms with Gasteiger partial charge in [-0.05, 0) is 56.9 Å². The topological polar surface area (TPSA) is 58.6 Å². The molecule has 1 aliphatic carbocycles. The van der Waals surface area contributed by atoms with E-state index in [0.29, 0.717) is 18.1 Å². The Morgan fingerprint density at radius 1 is 1.15 bits per heavy atom. The molecule has 1 amide bonds. The van der Waals surface area contributed by atoms with Crippen LogP contribution in [0.5, 0.6) is 0 Å². The van der Waals surface area contributed by atoms with Crippen molar-refractivity contribution in [2.75, 3.05) is 31.6 Å². The number of rotatable bonds is 4. The zero-order valence-electron chi connectivity index (χ0n) is 16.7. The number of anilines is 1. The van der Waals surface area contributed by atoms with Crippen molar-refractivity contribution in [2.24, 2.45) is 5.41 Å². The second kappa shape index (κ2) is 7.74. The summed E-state index contributed by atoms with van der Waals surface area (Å²) in [5.41, 5.74) is 0.920. The summed E-state index contributed by atoms with van der Waals surface area (Å²) in [7, 11) is 1.80. The number of amides is 1. The molecule has 27 heavy (non-hydrogen) atoms. The van der Waals surface area contributed by atoms with Crippen LogP contribution in [0.15, 0.2) is 12.4 Å². The minimum atomic E-state index is -0.233. The number of likely N-dealkylation sites (tertiary alicyclic amines) is 1. The third-order valence-electron chi connectivity index (χ3n) is 6.92. The quantitative estimate of drug-likeness (QED) is 0.813. The zero-order chi connectivity index (χ0) is 18.9. The van der Waals surface area contributed by atoms with Gasteiger partial charge in [0.05, 0.1) is 11.5 Å². The molecule has 1 unspecified atom stereocenters. The van der Waals surface area contributed by atoms with Gasteiger partial charge in [0.1, 0.15) is 0 Å². The molecule has 2 aliphatic heterocycles. The third kappa shape index (κ3) is 3.56. The highest BCUT2D eigenvalue weighted by atomic mass is 16.5. The first kappa shape index (κ1) is 18.7. The van der Waals surface area contributed by atoms with Crippen molar-refractivity contribution in [1.29, 1.82) is 0 Å². The Hall–Kier alpha value is -1.69. The predicted octanol–water partition coefficient (Wildman–Crippen LogP) is 2.82. The number of carbonyl (C=O) groups is 1. The number of aryl methyl sites for hydroxylation is 1. The maximum atomic E-state index is 13.4. The smallest absolute Gasteiger partial charge is 0.230 e. The maximum Gasteiger partial charge on any atom is 0.230 e. The molecule has 1 atom stereocenters. The summed E-state index contributed by atoms with van der Waals surface area (Å²) in [6, 6.07) is 0.402.